The molecule has 7 N–H and O–H groups in total. The number of nitrogens with zero attached hydrogens (tertiary/aromatic N) is 6. The molecule has 23 heteroatoms. The third-order valence-electron chi connectivity index (χ3n) is 8.18. The van der Waals surface area contributed by atoms with Gasteiger partial charge in [-0.05, 0) is 24.3 Å². The molecule has 2 fully saturated rings. The summed E-state index contributed by atoms with van der Waals surface area (Å²) in [5, 5.41) is 12.0. The number of methoxy groups -OCH3 is 1. The van der Waals surface area contributed by atoms with Crippen LogP contribution in [0.2, 0.25) is 0 Å². The van der Waals surface area contributed by atoms with Crippen LogP contribution < -0.4 is 17.0 Å². The lowest BCUT2D eigenvalue weighted by Gasteiger charge is -2.28. The summed E-state index contributed by atoms with van der Waals surface area (Å²) in [5.41, 5.74) is 11.9. The van der Waals surface area contributed by atoms with E-state index in [1.54, 1.807) is 16.8 Å². The molecule has 5 heterocycles. The SMILES string of the molecule is CO[C@H]1[C@@H](OCS)[C@H](n2cnc3c(=O)[nH]c(N)nc32)O[C@@H]1COP(O)(=S)O[C@@H]1[C@@H](COP=O)C[C@@H](n2ccc3c(N)ncnc32)[C@@H]1O. The number of imidazole rings is 1. The summed E-state index contributed by atoms with van der Waals surface area (Å²) >= 11 is 9.56. The Labute approximate surface area is 277 Å². The van der Waals surface area contributed by atoms with Crippen molar-refractivity contribution in [1.82, 2.24) is 34.1 Å². The molecular weight excluding hydrogens is 700 g/mol. The van der Waals surface area contributed by atoms with Gasteiger partial charge in [0.15, 0.2) is 17.4 Å². The number of H-pyrrole nitrogens is 1. The van der Waals surface area contributed by atoms with Crippen LogP contribution in [0.3, 0.4) is 0 Å². The number of nitrogen functional groups attached to an aromatic ring is 2. The van der Waals surface area contributed by atoms with Gasteiger partial charge in [-0.15, -0.1) is 0 Å². The zero-order valence-corrected chi connectivity index (χ0v) is 28.0. The number of nitrogens with one attached hydrogen (secondary N) is 1. The Kier molecular flexibility index (Phi) is 10.2. The Morgan fingerprint density at radius 1 is 1.21 bits per heavy atom. The zero-order chi connectivity index (χ0) is 33.5. The van der Waals surface area contributed by atoms with E-state index in [4.69, 9.17) is 51.1 Å². The first kappa shape index (κ1) is 34.2. The number of fused-ring (bicyclic) bond motifs is 2. The van der Waals surface area contributed by atoms with Crippen molar-refractivity contribution in [1.29, 1.82) is 0 Å². The second kappa shape index (κ2) is 14.1. The van der Waals surface area contributed by atoms with Gasteiger partial charge in [-0.25, -0.2) is 19.5 Å². The van der Waals surface area contributed by atoms with Crippen molar-refractivity contribution in [3.63, 3.8) is 0 Å². The molecule has 4 aromatic rings. The van der Waals surface area contributed by atoms with Gasteiger partial charge in [-0.1, -0.05) is 0 Å². The van der Waals surface area contributed by atoms with Crippen molar-refractivity contribution in [2.24, 2.45) is 5.92 Å². The Balaban J connectivity index is 1.20. The number of aliphatic hydroxyl groups is 1. The normalized spacial score (nSPS) is 29.3. The third-order valence-corrected chi connectivity index (χ3v) is 10.1. The van der Waals surface area contributed by atoms with Crippen LogP contribution >= 0.6 is 28.0 Å². The maximum atomic E-state index is 12.4. The van der Waals surface area contributed by atoms with Gasteiger partial charge in [0.05, 0.1) is 36.9 Å². The van der Waals surface area contributed by atoms with Gasteiger partial charge in [-0.3, -0.25) is 18.9 Å². The van der Waals surface area contributed by atoms with Gasteiger partial charge in [0.2, 0.25) is 5.95 Å². The molecule has 1 unspecified atom stereocenters. The Morgan fingerprint density at radius 3 is 2.77 bits per heavy atom. The number of aromatic nitrogens is 7. The Hall–Kier alpha value is -2.65. The number of aromatic amines is 1. The van der Waals surface area contributed by atoms with Crippen molar-refractivity contribution in [3.05, 3.63) is 35.3 Å². The van der Waals surface area contributed by atoms with Crippen molar-refractivity contribution >= 4 is 73.8 Å². The quantitative estimate of drug-likeness (QED) is 0.0627. The summed E-state index contributed by atoms with van der Waals surface area (Å²) in [7, 11) is 0.877. The highest BCUT2D eigenvalue weighted by atomic mass is 32.5. The van der Waals surface area contributed by atoms with Crippen molar-refractivity contribution < 1.29 is 42.3 Å². The van der Waals surface area contributed by atoms with Crippen LogP contribution in [0.25, 0.3) is 22.2 Å². The molecule has 2 aliphatic rings. The molecule has 0 aromatic carbocycles. The lowest BCUT2D eigenvalue weighted by Crippen LogP contribution is -2.37. The van der Waals surface area contributed by atoms with Crippen LogP contribution in [0.5, 0.6) is 0 Å². The van der Waals surface area contributed by atoms with Gasteiger partial charge in [0.1, 0.15) is 48.3 Å². The van der Waals surface area contributed by atoms with E-state index in [0.717, 1.165) is 0 Å². The molecule has 9 atom stereocenters. The van der Waals surface area contributed by atoms with E-state index >= 15 is 0 Å². The van der Waals surface area contributed by atoms with Gasteiger partial charge < -0.3 is 49.3 Å². The fraction of sp³-hybridized carbons (Fsp3) is 0.542. The molecule has 1 saturated heterocycles. The van der Waals surface area contributed by atoms with E-state index in [-0.39, 0.29) is 42.1 Å². The molecule has 1 aliphatic heterocycles. The Morgan fingerprint density at radius 2 is 2.02 bits per heavy atom. The van der Waals surface area contributed by atoms with Crippen LogP contribution in [-0.2, 0) is 44.2 Å². The second-order valence-corrected chi connectivity index (χ2v) is 14.2. The Bertz CT molecular complexity index is 1860. The average molecular weight is 732 g/mol. The molecule has 0 spiro atoms. The predicted octanol–water partition coefficient (Wildman–Crippen LogP) is 0.678. The lowest BCUT2D eigenvalue weighted by atomic mass is 10.1. The average Bonchev–Trinajstić information content (AvgIpc) is 3.80. The smallest absolute Gasteiger partial charge is 0.327 e. The molecule has 4 aromatic heterocycles. The van der Waals surface area contributed by atoms with Gasteiger partial charge in [0, 0.05) is 19.2 Å². The summed E-state index contributed by atoms with van der Waals surface area (Å²) in [5.74, 6) is -0.395. The first-order valence-electron chi connectivity index (χ1n) is 14.0. The molecule has 0 radical (unpaired) electrons. The lowest BCUT2D eigenvalue weighted by molar-refractivity contribution is -0.0613. The molecule has 0 amide bonds. The first-order valence-corrected chi connectivity index (χ1v) is 18.0. The molecule has 1 saturated carbocycles. The molecule has 0 bridgehead atoms. The molecular formula is C24H31N9O10P2S2. The largest absolute Gasteiger partial charge is 0.388 e. The van der Waals surface area contributed by atoms with Crippen molar-refractivity contribution in [2.45, 2.75) is 49.2 Å². The van der Waals surface area contributed by atoms with E-state index < -0.39 is 69.7 Å². The topological polar surface area (TPSA) is 259 Å². The number of hydrogen-bond acceptors (Lipinski definition) is 17. The van der Waals surface area contributed by atoms with Crippen LogP contribution in [0.15, 0.2) is 29.7 Å². The second-order valence-electron chi connectivity index (χ2n) is 10.8. The molecule has 19 nitrogen and oxygen atoms in total. The van der Waals surface area contributed by atoms with E-state index in [1.165, 1.54) is 24.3 Å². The number of rotatable bonds is 13. The number of hydrogen-bond donors (Lipinski definition) is 6. The highest BCUT2D eigenvalue weighted by molar-refractivity contribution is 8.07. The van der Waals surface area contributed by atoms with Gasteiger partial charge in [-0.2, -0.15) is 17.6 Å². The number of ether oxygens (including phenoxy) is 3. The van der Waals surface area contributed by atoms with E-state index in [2.05, 4.69) is 37.5 Å². The highest BCUT2D eigenvalue weighted by Gasteiger charge is 2.50. The minimum atomic E-state index is -4.07. The van der Waals surface area contributed by atoms with Crippen LogP contribution in [0, 0.1) is 5.92 Å². The summed E-state index contributed by atoms with van der Waals surface area (Å²) in [4.78, 5) is 42.6. The first-order chi connectivity index (χ1) is 22.6. The van der Waals surface area contributed by atoms with Crippen LogP contribution in [0.4, 0.5) is 11.8 Å². The summed E-state index contributed by atoms with van der Waals surface area (Å²) < 4.78 is 48.9. The van der Waals surface area contributed by atoms with E-state index in [0.29, 0.717) is 17.5 Å². The number of nitrogens with two attached hydrogens (primary N) is 2. The van der Waals surface area contributed by atoms with E-state index in [9.17, 15) is 19.4 Å². The maximum absolute atomic E-state index is 12.4. The molecule has 6 rings (SSSR count). The number of aliphatic hydroxyl groups excluding tert-OH is 1. The fourth-order valence-corrected chi connectivity index (χ4v) is 8.06. The highest BCUT2D eigenvalue weighted by Crippen LogP contribution is 2.52. The minimum absolute atomic E-state index is 0.00980. The zero-order valence-electron chi connectivity index (χ0n) is 24.5. The van der Waals surface area contributed by atoms with Crippen LogP contribution in [-0.4, -0.2) is 101 Å². The van der Waals surface area contributed by atoms with E-state index in [1.807, 2.05) is 0 Å². The van der Waals surface area contributed by atoms with Crippen molar-refractivity contribution in [3.8, 4) is 0 Å². The maximum Gasteiger partial charge on any atom is 0.327 e. The summed E-state index contributed by atoms with van der Waals surface area (Å²) in [6, 6.07) is 1.14. The fourth-order valence-electron chi connectivity index (χ4n) is 6.15. The summed E-state index contributed by atoms with van der Waals surface area (Å²) in [6.07, 6.45) is -0.944. The minimum Gasteiger partial charge on any atom is -0.388 e. The standard InChI is InChI=1S/C24H31N9O10P2S2/c1-38-17-13(42-23(18(17)39-9-46)33-8-29-14-21(33)30-24(26)31-22(14)35)6-41-45(37,47)43-16-10(5-40-44-36)4-12(15(16)34)32-3-2-11-19(25)27-7-28-20(11)32/h2-3,7-8,10,12-13,15-18,23,34,46H,4-6,9H2,1H3,(H,37,47)(H2,25,27,28)(H3,26,30,31,35)/t10-,12-,13-,15+,16-,17-,18-,23-,45?/m1/s1. The number of anilines is 2. The molecule has 254 valence electrons. The third kappa shape index (κ3) is 6.68. The van der Waals surface area contributed by atoms with Gasteiger partial charge in [0.25, 0.3) is 5.56 Å². The number of thiol groups is 1. The summed E-state index contributed by atoms with van der Waals surface area (Å²) in [6.45, 7) is -4.46. The monoisotopic (exact) mass is 731 g/mol. The van der Waals surface area contributed by atoms with Crippen LogP contribution in [0.1, 0.15) is 18.7 Å². The predicted molar refractivity (Wildman–Crippen MR) is 172 cm³/mol. The molecule has 47 heavy (non-hydrogen) atoms. The molecule has 1 aliphatic carbocycles. The van der Waals surface area contributed by atoms with Crippen molar-refractivity contribution in [2.75, 3.05) is 37.7 Å². The van der Waals surface area contributed by atoms with Gasteiger partial charge >= 0.3 is 15.4 Å².